The van der Waals surface area contributed by atoms with Gasteiger partial charge in [0.05, 0.1) is 5.39 Å². The highest BCUT2D eigenvalue weighted by molar-refractivity contribution is 7.17. The quantitative estimate of drug-likeness (QED) is 0.683. The van der Waals surface area contributed by atoms with Crippen molar-refractivity contribution in [3.05, 3.63) is 51.9 Å². The van der Waals surface area contributed by atoms with E-state index in [-0.39, 0.29) is 17.5 Å². The summed E-state index contributed by atoms with van der Waals surface area (Å²) in [5.74, 6) is 1.16. The zero-order valence-corrected chi connectivity index (χ0v) is 16.4. The van der Waals surface area contributed by atoms with Crippen LogP contribution in [-0.4, -0.2) is 34.6 Å². The Labute approximate surface area is 158 Å². The second kappa shape index (κ2) is 6.97. The Morgan fingerprint density at radius 2 is 1.85 bits per heavy atom. The minimum atomic E-state index is 0.133. The standard InChI is InChI=1S/C21H25N3OS/c1-14(2)19-22-20-18(17(13-26-20)15-7-5-4-6-8-15)21(25)24(19)16-9-11-23(3)12-10-16/h4-8,13-14,16H,9-12H2,1-3H3. The van der Waals surface area contributed by atoms with Gasteiger partial charge in [0.15, 0.2) is 0 Å². The number of aromatic nitrogens is 2. The number of likely N-dealkylation sites (tertiary alicyclic amines) is 1. The molecular weight excluding hydrogens is 342 g/mol. The maximum Gasteiger partial charge on any atom is 0.263 e. The van der Waals surface area contributed by atoms with Gasteiger partial charge in [0.25, 0.3) is 5.56 Å². The number of hydrogen-bond acceptors (Lipinski definition) is 4. The Balaban J connectivity index is 1.93. The van der Waals surface area contributed by atoms with Crippen LogP contribution in [0.15, 0.2) is 40.5 Å². The molecule has 3 heterocycles. The van der Waals surface area contributed by atoms with E-state index < -0.39 is 0 Å². The minimum absolute atomic E-state index is 0.133. The van der Waals surface area contributed by atoms with Crippen LogP contribution in [0.3, 0.4) is 0 Å². The lowest BCUT2D eigenvalue weighted by Crippen LogP contribution is -2.37. The van der Waals surface area contributed by atoms with Crippen molar-refractivity contribution >= 4 is 21.6 Å². The molecule has 1 saturated heterocycles. The van der Waals surface area contributed by atoms with Gasteiger partial charge in [-0.2, -0.15) is 0 Å². The smallest absolute Gasteiger partial charge is 0.263 e. The minimum Gasteiger partial charge on any atom is -0.306 e. The van der Waals surface area contributed by atoms with Crippen molar-refractivity contribution in [2.24, 2.45) is 0 Å². The van der Waals surface area contributed by atoms with Gasteiger partial charge in [-0.25, -0.2) is 4.98 Å². The summed E-state index contributed by atoms with van der Waals surface area (Å²) in [5, 5.41) is 2.86. The summed E-state index contributed by atoms with van der Waals surface area (Å²) in [7, 11) is 2.15. The summed E-state index contributed by atoms with van der Waals surface area (Å²) in [5.41, 5.74) is 2.23. The Bertz CT molecular complexity index is 966. The molecule has 4 nitrogen and oxygen atoms in total. The molecule has 1 fully saturated rings. The van der Waals surface area contributed by atoms with Crippen LogP contribution in [0.25, 0.3) is 21.3 Å². The van der Waals surface area contributed by atoms with Crippen LogP contribution in [0.4, 0.5) is 0 Å². The number of hydrogen-bond donors (Lipinski definition) is 0. The van der Waals surface area contributed by atoms with Crippen molar-refractivity contribution in [1.82, 2.24) is 14.5 Å². The first-order chi connectivity index (χ1) is 12.6. The molecule has 0 saturated carbocycles. The fraction of sp³-hybridized carbons (Fsp3) is 0.429. The molecule has 0 atom stereocenters. The summed E-state index contributed by atoms with van der Waals surface area (Å²) in [6, 6.07) is 10.4. The number of rotatable bonds is 3. The Kier molecular flexibility index (Phi) is 4.67. The molecule has 26 heavy (non-hydrogen) atoms. The molecule has 0 radical (unpaired) electrons. The van der Waals surface area contributed by atoms with E-state index in [0.29, 0.717) is 0 Å². The Morgan fingerprint density at radius 1 is 1.15 bits per heavy atom. The molecular formula is C21H25N3OS. The molecule has 0 aliphatic carbocycles. The summed E-state index contributed by atoms with van der Waals surface area (Å²) < 4.78 is 2.01. The van der Waals surface area contributed by atoms with E-state index in [1.165, 1.54) is 0 Å². The molecule has 0 N–H and O–H groups in total. The maximum atomic E-state index is 13.6. The molecule has 136 valence electrons. The van der Waals surface area contributed by atoms with E-state index in [0.717, 1.165) is 53.1 Å². The van der Waals surface area contributed by atoms with Gasteiger partial charge < -0.3 is 4.90 Å². The van der Waals surface area contributed by atoms with Gasteiger partial charge in [-0.1, -0.05) is 44.2 Å². The van der Waals surface area contributed by atoms with Crippen LogP contribution in [0, 0.1) is 0 Å². The first-order valence-corrected chi connectivity index (χ1v) is 10.2. The Morgan fingerprint density at radius 3 is 2.50 bits per heavy atom. The zero-order chi connectivity index (χ0) is 18.3. The predicted octanol–water partition coefficient (Wildman–Crippen LogP) is 4.52. The number of thiophene rings is 1. The van der Waals surface area contributed by atoms with Crippen molar-refractivity contribution in [3.63, 3.8) is 0 Å². The lowest BCUT2D eigenvalue weighted by Gasteiger charge is -2.32. The van der Waals surface area contributed by atoms with E-state index in [4.69, 9.17) is 4.98 Å². The van der Waals surface area contributed by atoms with Gasteiger partial charge in [0.1, 0.15) is 10.7 Å². The molecule has 3 aromatic rings. The maximum absolute atomic E-state index is 13.6. The monoisotopic (exact) mass is 367 g/mol. The number of nitrogens with zero attached hydrogens (tertiary/aromatic N) is 3. The lowest BCUT2D eigenvalue weighted by atomic mass is 10.0. The summed E-state index contributed by atoms with van der Waals surface area (Å²) >= 11 is 1.58. The third-order valence-corrected chi connectivity index (χ3v) is 6.19. The normalized spacial score (nSPS) is 16.6. The summed E-state index contributed by atoms with van der Waals surface area (Å²) in [6.45, 7) is 6.32. The molecule has 0 bridgehead atoms. The molecule has 1 aliphatic rings. The van der Waals surface area contributed by atoms with Gasteiger partial charge in [-0.3, -0.25) is 9.36 Å². The topological polar surface area (TPSA) is 38.1 Å². The highest BCUT2D eigenvalue weighted by atomic mass is 32.1. The molecule has 4 rings (SSSR count). The highest BCUT2D eigenvalue weighted by Crippen LogP contribution is 2.33. The zero-order valence-electron chi connectivity index (χ0n) is 15.6. The van der Waals surface area contributed by atoms with Crippen LogP contribution in [0.1, 0.15) is 44.5 Å². The largest absolute Gasteiger partial charge is 0.306 e. The fourth-order valence-corrected chi connectivity index (χ4v) is 4.81. The molecule has 1 aliphatic heterocycles. The van der Waals surface area contributed by atoms with Crippen LogP contribution < -0.4 is 5.56 Å². The van der Waals surface area contributed by atoms with Crippen LogP contribution >= 0.6 is 11.3 Å². The van der Waals surface area contributed by atoms with Crippen LogP contribution in [-0.2, 0) is 0 Å². The highest BCUT2D eigenvalue weighted by Gasteiger charge is 2.26. The first-order valence-electron chi connectivity index (χ1n) is 9.34. The SMILES string of the molecule is CC(C)c1nc2scc(-c3ccccc3)c2c(=O)n1C1CCN(C)CC1. The fourth-order valence-electron chi connectivity index (χ4n) is 3.86. The van der Waals surface area contributed by atoms with E-state index in [1.54, 1.807) is 11.3 Å². The van der Waals surface area contributed by atoms with Gasteiger partial charge >= 0.3 is 0 Å². The molecule has 2 aromatic heterocycles. The summed E-state index contributed by atoms with van der Waals surface area (Å²) in [6.07, 6.45) is 2.02. The predicted molar refractivity (Wildman–Crippen MR) is 109 cm³/mol. The van der Waals surface area contributed by atoms with E-state index >= 15 is 0 Å². The van der Waals surface area contributed by atoms with Crippen LogP contribution in [0.5, 0.6) is 0 Å². The van der Waals surface area contributed by atoms with Crippen molar-refractivity contribution in [2.45, 2.75) is 38.6 Å². The third-order valence-electron chi connectivity index (χ3n) is 5.32. The number of benzene rings is 1. The van der Waals surface area contributed by atoms with Crippen molar-refractivity contribution in [1.29, 1.82) is 0 Å². The number of piperidine rings is 1. The molecule has 0 spiro atoms. The Hall–Kier alpha value is -1.98. The second-order valence-corrected chi connectivity index (χ2v) is 8.39. The second-order valence-electron chi connectivity index (χ2n) is 7.53. The van der Waals surface area contributed by atoms with E-state index in [1.807, 2.05) is 22.8 Å². The van der Waals surface area contributed by atoms with Gasteiger partial charge in [0.2, 0.25) is 0 Å². The molecule has 5 heteroatoms. The van der Waals surface area contributed by atoms with Crippen molar-refractivity contribution < 1.29 is 0 Å². The first kappa shape index (κ1) is 17.4. The third kappa shape index (κ3) is 2.99. The van der Waals surface area contributed by atoms with Gasteiger partial charge in [-0.05, 0) is 38.5 Å². The molecule has 0 unspecified atom stereocenters. The summed E-state index contributed by atoms with van der Waals surface area (Å²) in [4.78, 5) is 21.7. The van der Waals surface area contributed by atoms with Crippen LogP contribution in [0.2, 0.25) is 0 Å². The van der Waals surface area contributed by atoms with E-state index in [9.17, 15) is 4.79 Å². The van der Waals surface area contributed by atoms with Gasteiger partial charge in [-0.15, -0.1) is 11.3 Å². The lowest BCUT2D eigenvalue weighted by molar-refractivity contribution is 0.215. The number of fused-ring (bicyclic) bond motifs is 1. The molecule has 0 amide bonds. The van der Waals surface area contributed by atoms with Gasteiger partial charge in [0, 0.05) is 22.9 Å². The average molecular weight is 368 g/mol. The molecule has 1 aromatic carbocycles. The average Bonchev–Trinajstić information content (AvgIpc) is 3.08. The van der Waals surface area contributed by atoms with E-state index in [2.05, 4.69) is 43.3 Å². The van der Waals surface area contributed by atoms with Crippen molar-refractivity contribution in [2.75, 3.05) is 20.1 Å². The van der Waals surface area contributed by atoms with Crippen molar-refractivity contribution in [3.8, 4) is 11.1 Å².